The average Bonchev–Trinajstić information content (AvgIpc) is 2.76. The molecule has 6 atom stereocenters. The third-order valence-electron chi connectivity index (χ3n) is 7.91. The fraction of sp³-hybridized carbons (Fsp3) is 0.833. The molecule has 0 amide bonds. The van der Waals surface area contributed by atoms with Crippen LogP contribution in [0.25, 0.3) is 0 Å². The Kier molecular flexibility index (Phi) is 3.07. The van der Waals surface area contributed by atoms with E-state index in [0.29, 0.717) is 5.78 Å². The van der Waals surface area contributed by atoms with Crippen molar-refractivity contribution in [3.05, 3.63) is 11.3 Å². The molecule has 0 radical (unpaired) electrons. The lowest BCUT2D eigenvalue weighted by Crippen LogP contribution is -2.54. The highest BCUT2D eigenvalue weighted by Crippen LogP contribution is 2.64. The minimum atomic E-state index is -1.41. The van der Waals surface area contributed by atoms with Gasteiger partial charge in [-0.15, -0.1) is 0 Å². The molecular weight excluding hydrogens is 276 g/mol. The largest absolute Gasteiger partial charge is 0.393 e. The molecule has 21 heavy (non-hydrogen) atoms. The van der Waals surface area contributed by atoms with Crippen LogP contribution in [0.4, 0.5) is 0 Å². The second kappa shape index (κ2) is 4.54. The summed E-state index contributed by atoms with van der Waals surface area (Å²) in [5.74, 6) is 1.96. The van der Waals surface area contributed by atoms with E-state index in [2.05, 4.69) is 13.5 Å². The highest BCUT2D eigenvalue weighted by atomic mass is 28.3. The molecule has 116 valence electrons. The van der Waals surface area contributed by atoms with E-state index in [1.807, 2.05) is 6.08 Å². The predicted octanol–water partition coefficient (Wildman–Crippen LogP) is 3.85. The SMILES string of the molecule is C[C@]12CC[C@H]3[C@@H](CCC4=CC(=O)CC[Si@@]43C)[C@@H]1CC[C@@H]2O. The lowest BCUT2D eigenvalue weighted by atomic mass is 9.62. The zero-order chi connectivity index (χ0) is 14.8. The molecule has 0 aromatic carbocycles. The third kappa shape index (κ3) is 1.83. The van der Waals surface area contributed by atoms with E-state index >= 15 is 0 Å². The molecular formula is C18H28O2Si. The minimum absolute atomic E-state index is 0.0669. The maximum Gasteiger partial charge on any atom is 0.154 e. The van der Waals surface area contributed by atoms with Crippen LogP contribution in [0.15, 0.2) is 11.3 Å². The molecule has 3 heteroatoms. The first-order valence-electron chi connectivity index (χ1n) is 8.87. The zero-order valence-electron chi connectivity index (χ0n) is 13.4. The van der Waals surface area contributed by atoms with E-state index in [1.165, 1.54) is 38.1 Å². The molecule has 2 aliphatic heterocycles. The van der Waals surface area contributed by atoms with Crippen LogP contribution in [-0.2, 0) is 4.79 Å². The van der Waals surface area contributed by atoms with Crippen molar-refractivity contribution < 1.29 is 9.90 Å². The Hall–Kier alpha value is -0.413. The number of rotatable bonds is 0. The quantitative estimate of drug-likeness (QED) is 0.690. The number of hydrogen-bond acceptors (Lipinski definition) is 2. The highest BCUT2D eigenvalue weighted by molar-refractivity contribution is 6.87. The van der Waals surface area contributed by atoms with Crippen molar-refractivity contribution in [3.8, 4) is 0 Å². The Morgan fingerprint density at radius 2 is 2.05 bits per heavy atom. The Morgan fingerprint density at radius 3 is 2.86 bits per heavy atom. The number of allylic oxidation sites excluding steroid dienone is 2. The summed E-state index contributed by atoms with van der Waals surface area (Å²) in [6.45, 7) is 4.92. The molecule has 0 aromatic rings. The number of carbonyl (C=O) groups excluding carboxylic acids is 1. The first kappa shape index (κ1) is 14.2. The Labute approximate surface area is 129 Å². The number of fused-ring (bicyclic) bond motifs is 5. The first-order valence-corrected chi connectivity index (χ1v) is 11.7. The zero-order valence-corrected chi connectivity index (χ0v) is 14.4. The molecule has 0 spiro atoms. The second-order valence-corrected chi connectivity index (χ2v) is 13.3. The van der Waals surface area contributed by atoms with Gasteiger partial charge in [0, 0.05) is 6.42 Å². The first-order chi connectivity index (χ1) is 9.95. The van der Waals surface area contributed by atoms with Gasteiger partial charge >= 0.3 is 0 Å². The third-order valence-corrected chi connectivity index (χ3v) is 13.4. The minimum Gasteiger partial charge on any atom is -0.393 e. The Morgan fingerprint density at radius 1 is 1.24 bits per heavy atom. The summed E-state index contributed by atoms with van der Waals surface area (Å²) in [5, 5.41) is 12.0. The molecule has 2 aliphatic carbocycles. The summed E-state index contributed by atoms with van der Waals surface area (Å²) >= 11 is 0. The molecule has 1 saturated heterocycles. The maximum absolute atomic E-state index is 11.8. The number of carbonyl (C=O) groups is 1. The van der Waals surface area contributed by atoms with E-state index in [4.69, 9.17) is 0 Å². The van der Waals surface area contributed by atoms with Crippen molar-refractivity contribution in [1.82, 2.24) is 0 Å². The van der Waals surface area contributed by atoms with Crippen LogP contribution < -0.4 is 0 Å². The molecule has 2 nitrogen and oxygen atoms in total. The number of aliphatic hydroxyl groups excluding tert-OH is 1. The van der Waals surface area contributed by atoms with Crippen LogP contribution in [0, 0.1) is 17.3 Å². The summed E-state index contributed by atoms with van der Waals surface area (Å²) in [6.07, 6.45) is 10.0. The number of hydrogen-bond donors (Lipinski definition) is 1. The van der Waals surface area contributed by atoms with Gasteiger partial charge in [0.15, 0.2) is 5.78 Å². The Balaban J connectivity index is 1.69. The van der Waals surface area contributed by atoms with Crippen LogP contribution >= 0.6 is 0 Å². The van der Waals surface area contributed by atoms with Gasteiger partial charge in [0.25, 0.3) is 0 Å². The van der Waals surface area contributed by atoms with Gasteiger partial charge < -0.3 is 5.11 Å². The summed E-state index contributed by atoms with van der Waals surface area (Å²) in [5.41, 5.74) is 1.08. The van der Waals surface area contributed by atoms with Crippen LogP contribution in [0.1, 0.15) is 51.9 Å². The van der Waals surface area contributed by atoms with Crippen molar-refractivity contribution in [1.29, 1.82) is 0 Å². The monoisotopic (exact) mass is 304 g/mol. The van der Waals surface area contributed by atoms with Crippen LogP contribution in [-0.4, -0.2) is 25.1 Å². The van der Waals surface area contributed by atoms with E-state index in [1.54, 1.807) is 5.20 Å². The van der Waals surface area contributed by atoms with Crippen LogP contribution in [0.2, 0.25) is 18.1 Å². The van der Waals surface area contributed by atoms with E-state index < -0.39 is 8.07 Å². The van der Waals surface area contributed by atoms with Gasteiger partial charge in [-0.1, -0.05) is 25.1 Å². The summed E-state index contributed by atoms with van der Waals surface area (Å²) in [4.78, 5) is 11.8. The van der Waals surface area contributed by atoms with Gasteiger partial charge in [0.2, 0.25) is 0 Å². The average molecular weight is 305 g/mol. The molecule has 2 saturated carbocycles. The van der Waals surface area contributed by atoms with Gasteiger partial charge in [-0.25, -0.2) is 0 Å². The molecule has 1 N–H and O–H groups in total. The second-order valence-electron chi connectivity index (χ2n) is 8.61. The van der Waals surface area contributed by atoms with Crippen molar-refractivity contribution >= 4 is 13.9 Å². The summed E-state index contributed by atoms with van der Waals surface area (Å²) in [7, 11) is -1.41. The lowest BCUT2D eigenvalue weighted by Gasteiger charge is -2.56. The normalized spacial score (nSPS) is 52.7. The fourth-order valence-corrected chi connectivity index (χ4v) is 11.8. The van der Waals surface area contributed by atoms with Gasteiger partial charge in [-0.05, 0) is 67.0 Å². The van der Waals surface area contributed by atoms with Crippen molar-refractivity contribution in [3.63, 3.8) is 0 Å². The van der Waals surface area contributed by atoms with Gasteiger partial charge in [-0.3, -0.25) is 4.79 Å². The van der Waals surface area contributed by atoms with E-state index in [9.17, 15) is 9.90 Å². The van der Waals surface area contributed by atoms with E-state index in [-0.39, 0.29) is 11.5 Å². The van der Waals surface area contributed by atoms with Gasteiger partial charge in [0.05, 0.1) is 14.2 Å². The number of ketones is 1. The molecule has 0 unspecified atom stereocenters. The molecule has 3 fully saturated rings. The summed E-state index contributed by atoms with van der Waals surface area (Å²) in [6, 6.07) is 1.20. The van der Waals surface area contributed by atoms with Gasteiger partial charge in [-0.2, -0.15) is 0 Å². The highest BCUT2D eigenvalue weighted by Gasteiger charge is 2.59. The fourth-order valence-electron chi connectivity index (χ4n) is 6.53. The Bertz CT molecular complexity index is 513. The smallest absolute Gasteiger partial charge is 0.154 e. The van der Waals surface area contributed by atoms with Crippen molar-refractivity contribution in [2.75, 3.05) is 0 Å². The molecule has 0 bridgehead atoms. The van der Waals surface area contributed by atoms with E-state index in [0.717, 1.165) is 30.2 Å². The van der Waals surface area contributed by atoms with Gasteiger partial charge in [0.1, 0.15) is 0 Å². The predicted molar refractivity (Wildman–Crippen MR) is 86.7 cm³/mol. The van der Waals surface area contributed by atoms with Crippen molar-refractivity contribution in [2.24, 2.45) is 17.3 Å². The molecule has 4 rings (SSSR count). The van der Waals surface area contributed by atoms with Crippen LogP contribution in [0.5, 0.6) is 0 Å². The molecule has 0 aromatic heterocycles. The molecule has 2 heterocycles. The topological polar surface area (TPSA) is 37.3 Å². The standard InChI is InChI=1S/C18H28O2Si/c1-18-9-7-16-14(15(18)5-6-17(18)20)4-3-13-11-12(19)8-10-21(13,16)2/h11,14-17,20H,3-10H2,1-2H3/t14-,15-,16-,17-,18-,21-/m0/s1. The summed E-state index contributed by atoms with van der Waals surface area (Å²) < 4.78 is 0. The van der Waals surface area contributed by atoms with Crippen LogP contribution in [0.3, 0.4) is 0 Å². The number of aliphatic hydroxyl groups is 1. The van der Waals surface area contributed by atoms with Crippen molar-refractivity contribution in [2.45, 2.75) is 76.1 Å². The lowest BCUT2D eigenvalue weighted by molar-refractivity contribution is -0.114. The maximum atomic E-state index is 11.8. The molecule has 4 aliphatic rings.